The van der Waals surface area contributed by atoms with Gasteiger partial charge in [-0.25, -0.2) is 4.98 Å². The van der Waals surface area contributed by atoms with E-state index in [9.17, 15) is 10.1 Å². The maximum Gasteiger partial charge on any atom is 0.291 e. The maximum atomic E-state index is 10.5. The molecule has 0 aliphatic carbocycles. The summed E-state index contributed by atoms with van der Waals surface area (Å²) in [4.78, 5) is 14.1. The zero-order valence-electron chi connectivity index (χ0n) is 7.11. The minimum Gasteiger partial charge on any atom is -0.477 e. The molecule has 68 valence electrons. The number of hydrogen-bond acceptors (Lipinski definition) is 4. The molecule has 5 heteroatoms. The molecule has 0 fully saturated rings. The fourth-order valence-corrected chi connectivity index (χ4v) is 1.36. The van der Waals surface area contributed by atoms with Crippen LogP contribution in [0, 0.1) is 17.0 Å². The molecule has 1 aliphatic heterocycles. The van der Waals surface area contributed by atoms with E-state index in [1.165, 1.54) is 0 Å². The van der Waals surface area contributed by atoms with E-state index in [4.69, 9.17) is 4.74 Å². The van der Waals surface area contributed by atoms with Crippen LogP contribution in [0.2, 0.25) is 0 Å². The van der Waals surface area contributed by atoms with Crippen molar-refractivity contribution in [3.8, 4) is 5.88 Å². The van der Waals surface area contributed by atoms with Gasteiger partial charge in [-0.3, -0.25) is 10.1 Å². The molecule has 0 saturated heterocycles. The first-order chi connectivity index (χ1) is 6.18. The molecule has 1 aromatic rings. The third-order valence-electron chi connectivity index (χ3n) is 2.03. The number of nitrogens with zero attached hydrogens (tertiary/aromatic N) is 2. The summed E-state index contributed by atoms with van der Waals surface area (Å²) < 4.78 is 5.18. The monoisotopic (exact) mass is 180 g/mol. The number of ether oxygens (including phenoxy) is 1. The van der Waals surface area contributed by atoms with Crippen LogP contribution in [0.1, 0.15) is 11.3 Å². The van der Waals surface area contributed by atoms with Gasteiger partial charge in [-0.2, -0.15) is 0 Å². The Hall–Kier alpha value is -1.65. The van der Waals surface area contributed by atoms with Crippen LogP contribution in [-0.2, 0) is 6.42 Å². The number of hydrogen-bond donors (Lipinski definition) is 0. The van der Waals surface area contributed by atoms with Gasteiger partial charge in [0.1, 0.15) is 5.69 Å². The first kappa shape index (κ1) is 7.97. The van der Waals surface area contributed by atoms with Gasteiger partial charge in [-0.05, 0) is 6.92 Å². The molecule has 0 N–H and O–H groups in total. The van der Waals surface area contributed by atoms with Gasteiger partial charge in [-0.1, -0.05) is 0 Å². The van der Waals surface area contributed by atoms with Crippen LogP contribution >= 0.6 is 0 Å². The molecule has 2 heterocycles. The SMILES string of the molecule is Cc1nc2c(cc1[N+](=O)[O-])CCO2. The van der Waals surface area contributed by atoms with E-state index in [0.717, 1.165) is 5.56 Å². The Morgan fingerprint density at radius 2 is 2.46 bits per heavy atom. The van der Waals surface area contributed by atoms with Crippen molar-refractivity contribution in [1.82, 2.24) is 4.98 Å². The number of aromatic nitrogens is 1. The van der Waals surface area contributed by atoms with Crippen LogP contribution in [0.15, 0.2) is 6.07 Å². The van der Waals surface area contributed by atoms with Gasteiger partial charge in [0.2, 0.25) is 5.88 Å². The zero-order valence-corrected chi connectivity index (χ0v) is 7.11. The van der Waals surface area contributed by atoms with Crippen molar-refractivity contribution in [2.24, 2.45) is 0 Å². The van der Waals surface area contributed by atoms with Crippen LogP contribution in [0.3, 0.4) is 0 Å². The average molecular weight is 180 g/mol. The lowest BCUT2D eigenvalue weighted by molar-refractivity contribution is -0.385. The molecule has 1 aliphatic rings. The maximum absolute atomic E-state index is 10.5. The van der Waals surface area contributed by atoms with Crippen LogP contribution < -0.4 is 4.74 Å². The van der Waals surface area contributed by atoms with Crippen LogP contribution in [0.5, 0.6) is 5.88 Å². The summed E-state index contributed by atoms with van der Waals surface area (Å²) in [5, 5.41) is 10.5. The van der Waals surface area contributed by atoms with Gasteiger partial charge in [0.25, 0.3) is 5.69 Å². The summed E-state index contributed by atoms with van der Waals surface area (Å²) in [5.41, 5.74) is 1.31. The Bertz CT molecular complexity index is 376. The molecule has 13 heavy (non-hydrogen) atoms. The standard InChI is InChI=1S/C8H8N2O3/c1-5-7(10(11)12)4-6-2-3-13-8(6)9-5/h4H,2-3H2,1H3. The van der Waals surface area contributed by atoms with E-state index in [0.29, 0.717) is 24.6 Å². The Morgan fingerprint density at radius 1 is 1.69 bits per heavy atom. The lowest BCUT2D eigenvalue weighted by Gasteiger charge is -1.99. The summed E-state index contributed by atoms with van der Waals surface area (Å²) in [5.74, 6) is 0.545. The molecule has 0 atom stereocenters. The Labute approximate surface area is 74.5 Å². The van der Waals surface area contributed by atoms with E-state index >= 15 is 0 Å². The van der Waals surface area contributed by atoms with Crippen molar-refractivity contribution in [1.29, 1.82) is 0 Å². The van der Waals surface area contributed by atoms with Crippen LogP contribution in [0.4, 0.5) is 5.69 Å². The third kappa shape index (κ3) is 1.22. The highest BCUT2D eigenvalue weighted by molar-refractivity contribution is 5.44. The molecule has 2 rings (SSSR count). The average Bonchev–Trinajstić information content (AvgIpc) is 2.48. The predicted octanol–water partition coefficient (Wildman–Crippen LogP) is 1.23. The summed E-state index contributed by atoms with van der Waals surface area (Å²) in [7, 11) is 0. The minimum absolute atomic E-state index is 0.0734. The van der Waals surface area contributed by atoms with Gasteiger partial charge in [0.05, 0.1) is 11.5 Å². The Morgan fingerprint density at radius 3 is 3.15 bits per heavy atom. The molecule has 0 bridgehead atoms. The van der Waals surface area contributed by atoms with E-state index < -0.39 is 4.92 Å². The first-order valence-electron chi connectivity index (χ1n) is 3.96. The molecule has 0 amide bonds. The minimum atomic E-state index is -0.416. The Kier molecular flexibility index (Phi) is 1.65. The summed E-state index contributed by atoms with van der Waals surface area (Å²) in [6.07, 6.45) is 0.712. The lowest BCUT2D eigenvalue weighted by Crippen LogP contribution is -1.96. The van der Waals surface area contributed by atoms with E-state index in [1.807, 2.05) is 0 Å². The van der Waals surface area contributed by atoms with Crippen LogP contribution in [0.25, 0.3) is 0 Å². The normalized spacial score (nSPS) is 13.6. The van der Waals surface area contributed by atoms with Crippen molar-refractivity contribution in [2.45, 2.75) is 13.3 Å². The molecule has 1 aromatic heterocycles. The van der Waals surface area contributed by atoms with Gasteiger partial charge >= 0.3 is 0 Å². The molecule has 5 nitrogen and oxygen atoms in total. The predicted molar refractivity (Wildman–Crippen MR) is 44.8 cm³/mol. The molecule has 0 aromatic carbocycles. The van der Waals surface area contributed by atoms with Gasteiger partial charge < -0.3 is 4.74 Å². The number of rotatable bonds is 1. The van der Waals surface area contributed by atoms with Crippen molar-refractivity contribution < 1.29 is 9.66 Å². The van der Waals surface area contributed by atoms with Crippen molar-refractivity contribution in [3.05, 3.63) is 27.4 Å². The second-order valence-electron chi connectivity index (χ2n) is 2.91. The molecular weight excluding hydrogens is 172 g/mol. The lowest BCUT2D eigenvalue weighted by atomic mass is 10.2. The highest BCUT2D eigenvalue weighted by Gasteiger charge is 2.21. The fourth-order valence-electron chi connectivity index (χ4n) is 1.36. The third-order valence-corrected chi connectivity index (χ3v) is 2.03. The largest absolute Gasteiger partial charge is 0.477 e. The van der Waals surface area contributed by atoms with Gasteiger partial charge in [0.15, 0.2) is 0 Å². The molecule has 0 radical (unpaired) electrons. The molecular formula is C8H8N2O3. The van der Waals surface area contributed by atoms with Gasteiger partial charge in [0, 0.05) is 18.1 Å². The summed E-state index contributed by atoms with van der Waals surface area (Å²) in [6, 6.07) is 1.55. The van der Waals surface area contributed by atoms with Crippen molar-refractivity contribution in [2.75, 3.05) is 6.61 Å². The number of pyridine rings is 1. The molecule has 0 spiro atoms. The summed E-state index contributed by atoms with van der Waals surface area (Å²) >= 11 is 0. The highest BCUT2D eigenvalue weighted by atomic mass is 16.6. The zero-order chi connectivity index (χ0) is 9.42. The van der Waals surface area contributed by atoms with E-state index in [2.05, 4.69) is 4.98 Å². The van der Waals surface area contributed by atoms with E-state index in [1.54, 1.807) is 13.0 Å². The van der Waals surface area contributed by atoms with Crippen molar-refractivity contribution >= 4 is 5.69 Å². The second kappa shape index (κ2) is 2.69. The number of aryl methyl sites for hydroxylation is 1. The topological polar surface area (TPSA) is 65.3 Å². The fraction of sp³-hybridized carbons (Fsp3) is 0.375. The molecule has 0 unspecified atom stereocenters. The van der Waals surface area contributed by atoms with E-state index in [-0.39, 0.29) is 5.69 Å². The van der Waals surface area contributed by atoms with Crippen molar-refractivity contribution in [3.63, 3.8) is 0 Å². The molecule has 0 saturated carbocycles. The summed E-state index contributed by atoms with van der Waals surface area (Å²) in [6.45, 7) is 2.18. The van der Waals surface area contributed by atoms with Gasteiger partial charge in [-0.15, -0.1) is 0 Å². The number of nitro groups is 1. The quantitative estimate of drug-likeness (QED) is 0.481. The highest BCUT2D eigenvalue weighted by Crippen LogP contribution is 2.28. The Balaban J connectivity index is 2.55. The second-order valence-corrected chi connectivity index (χ2v) is 2.91. The first-order valence-corrected chi connectivity index (χ1v) is 3.96. The number of fused-ring (bicyclic) bond motifs is 1. The van der Waals surface area contributed by atoms with Crippen LogP contribution in [-0.4, -0.2) is 16.5 Å². The smallest absolute Gasteiger partial charge is 0.291 e.